The molecule has 0 radical (unpaired) electrons. The highest BCUT2D eigenvalue weighted by atomic mass is 35.5. The van der Waals surface area contributed by atoms with Crippen LogP contribution in [0.3, 0.4) is 0 Å². The van der Waals surface area contributed by atoms with Gasteiger partial charge in [0, 0.05) is 0 Å². The number of halogens is 2. The fourth-order valence-electron chi connectivity index (χ4n) is 2.24. The molecule has 15 heavy (non-hydrogen) atoms. The molecule has 2 unspecified atom stereocenters. The van der Waals surface area contributed by atoms with E-state index in [1.807, 2.05) is 0 Å². The van der Waals surface area contributed by atoms with Crippen molar-refractivity contribution in [2.75, 3.05) is 0 Å². The Balaban J connectivity index is 3.05. The highest BCUT2D eigenvalue weighted by Gasteiger charge is 2.47. The van der Waals surface area contributed by atoms with Crippen LogP contribution in [0, 0.1) is 23.7 Å². The fourth-order valence-corrected chi connectivity index (χ4v) is 2.84. The maximum absolute atomic E-state index is 11.3. The van der Waals surface area contributed by atoms with E-state index in [9.17, 15) is 9.59 Å². The molecule has 0 aromatic rings. The standard InChI is InChI=1S/C11H12Cl2O2/c1-3-6-5-7(4-2)9(11(13)15)8(6)10(12)14/h3-4,6-9H,1-2,5H2/t6-,7?,8?,9+/m1/s1. The van der Waals surface area contributed by atoms with Gasteiger partial charge < -0.3 is 0 Å². The van der Waals surface area contributed by atoms with Gasteiger partial charge >= 0.3 is 0 Å². The van der Waals surface area contributed by atoms with Gasteiger partial charge in [0.05, 0.1) is 11.8 Å². The molecule has 1 aliphatic carbocycles. The van der Waals surface area contributed by atoms with Crippen molar-refractivity contribution >= 4 is 33.7 Å². The predicted octanol–water partition coefficient (Wildman–Crippen LogP) is 2.76. The van der Waals surface area contributed by atoms with Crippen molar-refractivity contribution < 1.29 is 9.59 Å². The summed E-state index contributed by atoms with van der Waals surface area (Å²) in [6.07, 6.45) is 3.96. The molecule has 0 aromatic heterocycles. The van der Waals surface area contributed by atoms with Gasteiger partial charge in [-0.2, -0.15) is 0 Å². The maximum atomic E-state index is 11.3. The van der Waals surface area contributed by atoms with Gasteiger partial charge in [0.1, 0.15) is 0 Å². The van der Waals surface area contributed by atoms with E-state index in [0.717, 1.165) is 0 Å². The second kappa shape index (κ2) is 4.95. The SMILES string of the molecule is C=CC1C[C@@H](C=C)C(C(=O)Cl)[C@H]1C(=O)Cl. The molecule has 0 aromatic carbocycles. The molecular formula is C11H12Cl2O2. The van der Waals surface area contributed by atoms with Crippen LogP contribution in [0.25, 0.3) is 0 Å². The van der Waals surface area contributed by atoms with E-state index in [1.54, 1.807) is 12.2 Å². The molecule has 0 amide bonds. The van der Waals surface area contributed by atoms with Gasteiger partial charge in [-0.15, -0.1) is 13.2 Å². The Labute approximate surface area is 98.9 Å². The highest BCUT2D eigenvalue weighted by Crippen LogP contribution is 2.44. The first-order chi connectivity index (χ1) is 7.02. The first-order valence-corrected chi connectivity index (χ1v) is 5.42. The highest BCUT2D eigenvalue weighted by molar-refractivity contribution is 6.66. The van der Waals surface area contributed by atoms with Gasteiger partial charge in [-0.25, -0.2) is 0 Å². The molecule has 2 nitrogen and oxygen atoms in total. The lowest BCUT2D eigenvalue weighted by atomic mass is 9.89. The number of carbonyl (C=O) groups excluding carboxylic acids is 2. The molecule has 82 valence electrons. The average molecular weight is 247 g/mol. The predicted molar refractivity (Wildman–Crippen MR) is 60.7 cm³/mol. The lowest BCUT2D eigenvalue weighted by Crippen LogP contribution is -2.26. The van der Waals surface area contributed by atoms with Gasteiger partial charge in [-0.3, -0.25) is 9.59 Å². The summed E-state index contributed by atoms with van der Waals surface area (Å²) in [5, 5.41) is -1.05. The summed E-state index contributed by atoms with van der Waals surface area (Å²) in [4.78, 5) is 22.5. The molecule has 1 rings (SSSR count). The molecule has 0 N–H and O–H groups in total. The molecule has 0 bridgehead atoms. The maximum Gasteiger partial charge on any atom is 0.226 e. The molecule has 1 aliphatic rings. The largest absolute Gasteiger partial charge is 0.281 e. The minimum absolute atomic E-state index is 0.0919. The van der Waals surface area contributed by atoms with E-state index in [2.05, 4.69) is 13.2 Å². The van der Waals surface area contributed by atoms with Crippen LogP contribution in [-0.2, 0) is 9.59 Å². The summed E-state index contributed by atoms with van der Waals surface area (Å²) in [6.45, 7) is 7.28. The number of hydrogen-bond acceptors (Lipinski definition) is 2. The topological polar surface area (TPSA) is 34.1 Å². The third-order valence-electron chi connectivity index (χ3n) is 2.98. The van der Waals surface area contributed by atoms with Crippen molar-refractivity contribution in [2.45, 2.75) is 6.42 Å². The second-order valence-electron chi connectivity index (χ2n) is 3.69. The van der Waals surface area contributed by atoms with Gasteiger partial charge in [0.15, 0.2) is 0 Å². The molecule has 1 fully saturated rings. The zero-order valence-corrected chi connectivity index (χ0v) is 9.67. The summed E-state index contributed by atoms with van der Waals surface area (Å²) >= 11 is 11.0. The quantitative estimate of drug-likeness (QED) is 0.565. The molecular weight excluding hydrogens is 235 g/mol. The fraction of sp³-hybridized carbons (Fsp3) is 0.455. The lowest BCUT2D eigenvalue weighted by molar-refractivity contribution is -0.124. The van der Waals surface area contributed by atoms with Gasteiger partial charge in [-0.1, -0.05) is 12.2 Å². The Morgan fingerprint density at radius 3 is 1.53 bits per heavy atom. The molecule has 1 saturated carbocycles. The van der Waals surface area contributed by atoms with Crippen molar-refractivity contribution in [3.8, 4) is 0 Å². The number of carbonyl (C=O) groups is 2. The summed E-state index contributed by atoms with van der Waals surface area (Å²) in [6, 6.07) is 0. The van der Waals surface area contributed by atoms with Crippen molar-refractivity contribution in [3.05, 3.63) is 25.3 Å². The summed E-state index contributed by atoms with van der Waals surface area (Å²) in [5.74, 6) is -1.30. The van der Waals surface area contributed by atoms with Gasteiger partial charge in [0.25, 0.3) is 0 Å². The van der Waals surface area contributed by atoms with E-state index in [-0.39, 0.29) is 11.8 Å². The minimum Gasteiger partial charge on any atom is -0.281 e. The molecule has 0 saturated heterocycles. The van der Waals surface area contributed by atoms with Crippen molar-refractivity contribution in [1.82, 2.24) is 0 Å². The smallest absolute Gasteiger partial charge is 0.226 e. The first-order valence-electron chi connectivity index (χ1n) is 4.66. The van der Waals surface area contributed by atoms with Crippen LogP contribution in [0.2, 0.25) is 0 Å². The van der Waals surface area contributed by atoms with Crippen LogP contribution in [0.15, 0.2) is 25.3 Å². The lowest BCUT2D eigenvalue weighted by Gasteiger charge is -2.17. The Bertz CT molecular complexity index is 282. The van der Waals surface area contributed by atoms with E-state index in [1.165, 1.54) is 0 Å². The van der Waals surface area contributed by atoms with Crippen LogP contribution in [-0.4, -0.2) is 10.5 Å². The Morgan fingerprint density at radius 1 is 1.00 bits per heavy atom. The first kappa shape index (κ1) is 12.5. The van der Waals surface area contributed by atoms with E-state index < -0.39 is 22.3 Å². The molecule has 0 heterocycles. The van der Waals surface area contributed by atoms with Crippen LogP contribution >= 0.6 is 23.2 Å². The van der Waals surface area contributed by atoms with Gasteiger partial charge in [-0.05, 0) is 41.5 Å². The average Bonchev–Trinajstić information content (AvgIpc) is 2.55. The molecule has 4 atom stereocenters. The molecule has 4 heteroatoms. The van der Waals surface area contributed by atoms with Crippen molar-refractivity contribution in [3.63, 3.8) is 0 Å². The number of allylic oxidation sites excluding steroid dienone is 2. The van der Waals surface area contributed by atoms with E-state index >= 15 is 0 Å². The third kappa shape index (κ3) is 2.32. The summed E-state index contributed by atoms with van der Waals surface area (Å²) in [7, 11) is 0. The Morgan fingerprint density at radius 2 is 1.33 bits per heavy atom. The number of hydrogen-bond donors (Lipinski definition) is 0. The normalized spacial score (nSPS) is 34.8. The summed E-state index contributed by atoms with van der Waals surface area (Å²) < 4.78 is 0. The summed E-state index contributed by atoms with van der Waals surface area (Å²) in [5.41, 5.74) is 0. The Kier molecular flexibility index (Phi) is 4.12. The molecule has 0 aliphatic heterocycles. The zero-order chi connectivity index (χ0) is 11.6. The van der Waals surface area contributed by atoms with Crippen LogP contribution in [0.5, 0.6) is 0 Å². The number of rotatable bonds is 4. The van der Waals surface area contributed by atoms with Crippen molar-refractivity contribution in [1.29, 1.82) is 0 Å². The Hall–Kier alpha value is -0.600. The van der Waals surface area contributed by atoms with Crippen LogP contribution < -0.4 is 0 Å². The minimum atomic E-state index is -0.558. The van der Waals surface area contributed by atoms with E-state index in [4.69, 9.17) is 23.2 Å². The van der Waals surface area contributed by atoms with Crippen LogP contribution in [0.1, 0.15) is 6.42 Å². The van der Waals surface area contributed by atoms with Crippen molar-refractivity contribution in [2.24, 2.45) is 23.7 Å². The second-order valence-corrected chi connectivity index (χ2v) is 4.44. The third-order valence-corrected chi connectivity index (χ3v) is 3.49. The molecule has 0 spiro atoms. The van der Waals surface area contributed by atoms with Gasteiger partial charge in [0.2, 0.25) is 10.5 Å². The zero-order valence-electron chi connectivity index (χ0n) is 8.16. The van der Waals surface area contributed by atoms with Crippen LogP contribution in [0.4, 0.5) is 0 Å². The monoisotopic (exact) mass is 246 g/mol. The van der Waals surface area contributed by atoms with E-state index in [0.29, 0.717) is 6.42 Å².